The van der Waals surface area contributed by atoms with Crippen molar-refractivity contribution in [3.63, 3.8) is 0 Å². The largest absolute Gasteiger partial charge is 0.455 e. The van der Waals surface area contributed by atoms with Crippen molar-refractivity contribution in [2.75, 3.05) is 23.4 Å². The number of benzene rings is 2. The molecule has 1 N–H and O–H groups in total. The first-order valence-corrected chi connectivity index (χ1v) is 9.79. The lowest BCUT2D eigenvalue weighted by molar-refractivity contribution is -0.151. The molecular weight excluding hydrogens is 415 g/mol. The summed E-state index contributed by atoms with van der Waals surface area (Å²) in [6.07, 6.45) is 0.0520. The molecule has 152 valence electrons. The Balaban J connectivity index is 1.55. The molecule has 2 amide bonds. The van der Waals surface area contributed by atoms with E-state index in [-0.39, 0.29) is 23.9 Å². The summed E-state index contributed by atoms with van der Waals surface area (Å²) in [5, 5.41) is 3.28. The molecule has 6 nitrogen and oxygen atoms in total. The predicted molar refractivity (Wildman–Crippen MR) is 112 cm³/mol. The Morgan fingerprint density at radius 2 is 1.90 bits per heavy atom. The summed E-state index contributed by atoms with van der Waals surface area (Å²) in [7, 11) is 0. The molecule has 1 saturated heterocycles. The number of hydrogen-bond acceptors (Lipinski definition) is 4. The van der Waals surface area contributed by atoms with Crippen LogP contribution in [-0.4, -0.2) is 30.9 Å². The maximum Gasteiger partial charge on any atom is 0.311 e. The number of rotatable bonds is 5. The van der Waals surface area contributed by atoms with Gasteiger partial charge < -0.3 is 15.0 Å². The molecule has 0 aliphatic carbocycles. The van der Waals surface area contributed by atoms with Crippen molar-refractivity contribution in [3.05, 3.63) is 57.6 Å². The monoisotopic (exact) mass is 434 g/mol. The van der Waals surface area contributed by atoms with E-state index in [2.05, 4.69) is 5.32 Å². The fraction of sp³-hybridized carbons (Fsp3) is 0.286. The molecule has 8 heteroatoms. The van der Waals surface area contributed by atoms with Gasteiger partial charge in [-0.05, 0) is 55.3 Å². The standard InChI is InChI=1S/C21H20Cl2N2O4/c1-12-3-5-16(7-13(12)2)25-10-14(8-20(25)27)21(28)29-11-19(26)24-18-6-4-15(22)9-17(18)23/h3-7,9,14H,8,10-11H2,1-2H3,(H,24,26). The van der Waals surface area contributed by atoms with Gasteiger partial charge in [0.25, 0.3) is 5.91 Å². The van der Waals surface area contributed by atoms with Crippen LogP contribution >= 0.6 is 23.2 Å². The summed E-state index contributed by atoms with van der Waals surface area (Å²) in [6, 6.07) is 10.4. The quantitative estimate of drug-likeness (QED) is 0.717. The molecule has 3 rings (SSSR count). The summed E-state index contributed by atoms with van der Waals surface area (Å²) >= 11 is 11.8. The predicted octanol–water partition coefficient (Wildman–Crippen LogP) is 4.15. The number of amides is 2. The first kappa shape index (κ1) is 21.1. The Labute approximate surface area is 178 Å². The lowest BCUT2D eigenvalue weighted by Crippen LogP contribution is -2.28. The topological polar surface area (TPSA) is 75.7 Å². The molecule has 2 aromatic carbocycles. The highest BCUT2D eigenvalue weighted by Crippen LogP contribution is 2.28. The molecular formula is C21H20Cl2N2O4. The third-order valence-electron chi connectivity index (χ3n) is 4.81. The third kappa shape index (κ3) is 5.08. The van der Waals surface area contributed by atoms with Crippen LogP contribution < -0.4 is 10.2 Å². The zero-order valence-electron chi connectivity index (χ0n) is 16.0. The number of aryl methyl sites for hydroxylation is 2. The highest BCUT2D eigenvalue weighted by Gasteiger charge is 2.36. The van der Waals surface area contributed by atoms with Gasteiger partial charge >= 0.3 is 5.97 Å². The van der Waals surface area contributed by atoms with Crippen molar-refractivity contribution < 1.29 is 19.1 Å². The maximum absolute atomic E-state index is 12.3. The zero-order chi connectivity index (χ0) is 21.1. The molecule has 0 spiro atoms. The summed E-state index contributed by atoms with van der Waals surface area (Å²) < 4.78 is 5.10. The Hall–Kier alpha value is -2.57. The fourth-order valence-electron chi connectivity index (χ4n) is 3.04. The summed E-state index contributed by atoms with van der Waals surface area (Å²) in [4.78, 5) is 38.3. The molecule has 0 saturated carbocycles. The normalized spacial score (nSPS) is 16.1. The molecule has 1 heterocycles. The maximum atomic E-state index is 12.3. The second kappa shape index (κ2) is 8.84. The van der Waals surface area contributed by atoms with Gasteiger partial charge in [0.2, 0.25) is 5.91 Å². The zero-order valence-corrected chi connectivity index (χ0v) is 17.5. The molecule has 2 aromatic rings. The molecule has 29 heavy (non-hydrogen) atoms. The molecule has 1 aliphatic rings. The second-order valence-electron chi connectivity index (χ2n) is 6.95. The van der Waals surface area contributed by atoms with Gasteiger partial charge in [-0.25, -0.2) is 0 Å². The second-order valence-corrected chi connectivity index (χ2v) is 7.80. The Bertz CT molecular complexity index is 977. The van der Waals surface area contributed by atoms with Crippen LogP contribution in [0, 0.1) is 19.8 Å². The number of carbonyl (C=O) groups excluding carboxylic acids is 3. The molecule has 0 radical (unpaired) electrons. The summed E-state index contributed by atoms with van der Waals surface area (Å²) in [5.41, 5.74) is 3.32. The smallest absolute Gasteiger partial charge is 0.311 e. The molecule has 1 unspecified atom stereocenters. The van der Waals surface area contributed by atoms with Crippen LogP contribution in [-0.2, 0) is 19.1 Å². The first-order valence-electron chi connectivity index (χ1n) is 9.03. The van der Waals surface area contributed by atoms with E-state index in [0.29, 0.717) is 10.7 Å². The van der Waals surface area contributed by atoms with Crippen molar-refractivity contribution in [2.45, 2.75) is 20.3 Å². The van der Waals surface area contributed by atoms with Crippen LogP contribution in [0.3, 0.4) is 0 Å². The number of carbonyl (C=O) groups is 3. The number of nitrogens with one attached hydrogen (secondary N) is 1. The van der Waals surface area contributed by atoms with E-state index in [1.54, 1.807) is 17.0 Å². The fourth-order valence-corrected chi connectivity index (χ4v) is 3.50. The number of anilines is 2. The van der Waals surface area contributed by atoms with Gasteiger partial charge in [-0.15, -0.1) is 0 Å². The number of halogens is 2. The van der Waals surface area contributed by atoms with Crippen molar-refractivity contribution >= 4 is 52.4 Å². The van der Waals surface area contributed by atoms with Gasteiger partial charge in [0, 0.05) is 23.7 Å². The minimum Gasteiger partial charge on any atom is -0.455 e. The van der Waals surface area contributed by atoms with E-state index in [0.717, 1.165) is 16.8 Å². The average Bonchev–Trinajstić information content (AvgIpc) is 3.06. The SMILES string of the molecule is Cc1ccc(N2CC(C(=O)OCC(=O)Nc3ccc(Cl)cc3Cl)CC2=O)cc1C. The van der Waals surface area contributed by atoms with Crippen LogP contribution in [0.2, 0.25) is 10.0 Å². The Kier molecular flexibility index (Phi) is 6.45. The van der Waals surface area contributed by atoms with E-state index in [1.807, 2.05) is 32.0 Å². The van der Waals surface area contributed by atoms with Crippen molar-refractivity contribution in [2.24, 2.45) is 5.92 Å². The lowest BCUT2D eigenvalue weighted by atomic mass is 10.1. The van der Waals surface area contributed by atoms with Gasteiger partial charge in [0.1, 0.15) is 0 Å². The van der Waals surface area contributed by atoms with Gasteiger partial charge in [-0.3, -0.25) is 14.4 Å². The van der Waals surface area contributed by atoms with Crippen LogP contribution in [0.5, 0.6) is 0 Å². The molecule has 0 bridgehead atoms. The van der Waals surface area contributed by atoms with E-state index in [9.17, 15) is 14.4 Å². The summed E-state index contributed by atoms with van der Waals surface area (Å²) in [6.45, 7) is 3.72. The van der Waals surface area contributed by atoms with Gasteiger partial charge in [0.05, 0.1) is 16.6 Å². The van der Waals surface area contributed by atoms with E-state index >= 15 is 0 Å². The molecule has 0 aromatic heterocycles. The molecule has 1 atom stereocenters. The van der Waals surface area contributed by atoms with Crippen molar-refractivity contribution in [1.82, 2.24) is 0 Å². The molecule has 1 aliphatic heterocycles. The molecule has 1 fully saturated rings. The lowest BCUT2D eigenvalue weighted by Gasteiger charge is -2.17. The van der Waals surface area contributed by atoms with Crippen LogP contribution in [0.25, 0.3) is 0 Å². The Morgan fingerprint density at radius 3 is 2.59 bits per heavy atom. The van der Waals surface area contributed by atoms with Gasteiger partial charge in [0.15, 0.2) is 6.61 Å². The summed E-state index contributed by atoms with van der Waals surface area (Å²) in [5.74, 6) is -1.87. The van der Waals surface area contributed by atoms with E-state index in [4.69, 9.17) is 27.9 Å². The van der Waals surface area contributed by atoms with Gasteiger partial charge in [-0.1, -0.05) is 29.3 Å². The van der Waals surface area contributed by atoms with Crippen LogP contribution in [0.15, 0.2) is 36.4 Å². The van der Waals surface area contributed by atoms with Crippen molar-refractivity contribution in [1.29, 1.82) is 0 Å². The number of ether oxygens (including phenoxy) is 1. The highest BCUT2D eigenvalue weighted by molar-refractivity contribution is 6.36. The third-order valence-corrected chi connectivity index (χ3v) is 5.36. The number of esters is 1. The van der Waals surface area contributed by atoms with E-state index in [1.165, 1.54) is 6.07 Å². The van der Waals surface area contributed by atoms with Gasteiger partial charge in [-0.2, -0.15) is 0 Å². The van der Waals surface area contributed by atoms with Crippen molar-refractivity contribution in [3.8, 4) is 0 Å². The Morgan fingerprint density at radius 1 is 1.14 bits per heavy atom. The van der Waals surface area contributed by atoms with Crippen LogP contribution in [0.1, 0.15) is 17.5 Å². The van der Waals surface area contributed by atoms with Crippen LogP contribution in [0.4, 0.5) is 11.4 Å². The highest BCUT2D eigenvalue weighted by atomic mass is 35.5. The first-order chi connectivity index (χ1) is 13.7. The average molecular weight is 435 g/mol. The number of nitrogens with zero attached hydrogens (tertiary/aromatic N) is 1. The number of hydrogen-bond donors (Lipinski definition) is 1. The minimum absolute atomic E-state index is 0.0520. The minimum atomic E-state index is -0.615. The van der Waals surface area contributed by atoms with E-state index < -0.39 is 24.4 Å².